The first kappa shape index (κ1) is 24.9. The van der Waals surface area contributed by atoms with Crippen LogP contribution in [0.1, 0.15) is 75.0 Å². The second kappa shape index (κ2) is 8.80. The average Bonchev–Trinajstić information content (AvgIpc) is 3.42. The lowest BCUT2D eigenvalue weighted by molar-refractivity contribution is -0.0206. The molecule has 2 bridgehead atoms. The Bertz CT molecular complexity index is 1290. The predicted molar refractivity (Wildman–Crippen MR) is 147 cm³/mol. The van der Waals surface area contributed by atoms with Crippen LogP contribution in [0.4, 0.5) is 5.69 Å². The standard InChI is InChI=1S/C29H43N7O/c1-20-15-25(22-16-31-34(5)26(22)32-20)35-14-7-24-23(17-35)21(2)33-36(24)19-28-8-11-29(12-9-28,13-10-28)30-18-27(3,4)37-6/h15-16,30H,7-14,17-19H2,1-6H3. The molecule has 8 heteroatoms. The van der Waals surface area contributed by atoms with Crippen molar-refractivity contribution in [1.82, 2.24) is 29.9 Å². The van der Waals surface area contributed by atoms with Gasteiger partial charge in [-0.05, 0) is 77.7 Å². The van der Waals surface area contributed by atoms with Gasteiger partial charge in [0.05, 0.1) is 28.6 Å². The first-order chi connectivity index (χ1) is 17.6. The van der Waals surface area contributed by atoms with E-state index in [9.17, 15) is 0 Å². The van der Waals surface area contributed by atoms with Crippen LogP contribution in [-0.4, -0.2) is 55.9 Å². The molecule has 3 saturated carbocycles. The third kappa shape index (κ3) is 4.36. The number of hydrogen-bond donors (Lipinski definition) is 1. The van der Waals surface area contributed by atoms with E-state index in [1.165, 1.54) is 61.2 Å². The van der Waals surface area contributed by atoms with Gasteiger partial charge < -0.3 is 15.0 Å². The molecule has 3 aromatic rings. The molecule has 37 heavy (non-hydrogen) atoms. The summed E-state index contributed by atoms with van der Waals surface area (Å²) in [4.78, 5) is 7.22. The van der Waals surface area contributed by atoms with Crippen LogP contribution in [0.5, 0.6) is 0 Å². The Morgan fingerprint density at radius 2 is 1.84 bits per heavy atom. The van der Waals surface area contributed by atoms with E-state index in [1.807, 2.05) is 25.0 Å². The molecule has 0 saturated heterocycles. The molecule has 4 heterocycles. The van der Waals surface area contributed by atoms with Crippen LogP contribution in [-0.2, 0) is 31.3 Å². The van der Waals surface area contributed by atoms with E-state index in [0.29, 0.717) is 11.0 Å². The topological polar surface area (TPSA) is 73.0 Å². The van der Waals surface area contributed by atoms with Crippen molar-refractivity contribution in [3.63, 3.8) is 0 Å². The zero-order valence-electron chi connectivity index (χ0n) is 23.5. The van der Waals surface area contributed by atoms with Gasteiger partial charge in [-0.15, -0.1) is 0 Å². The number of pyridine rings is 1. The third-order valence-corrected chi connectivity index (χ3v) is 9.82. The molecule has 0 atom stereocenters. The van der Waals surface area contributed by atoms with E-state index < -0.39 is 0 Å². The molecule has 8 nitrogen and oxygen atoms in total. The van der Waals surface area contributed by atoms with Crippen molar-refractivity contribution in [1.29, 1.82) is 0 Å². The van der Waals surface area contributed by atoms with Crippen molar-refractivity contribution < 1.29 is 4.74 Å². The van der Waals surface area contributed by atoms with E-state index in [2.05, 4.69) is 53.8 Å². The van der Waals surface area contributed by atoms with E-state index >= 15 is 0 Å². The van der Waals surface area contributed by atoms with E-state index in [-0.39, 0.29) is 5.60 Å². The number of aryl methyl sites for hydroxylation is 3. The Labute approximate surface area is 220 Å². The van der Waals surface area contributed by atoms with Gasteiger partial charge in [-0.1, -0.05) is 0 Å². The van der Waals surface area contributed by atoms with Gasteiger partial charge in [0.2, 0.25) is 0 Å². The largest absolute Gasteiger partial charge is 0.377 e. The summed E-state index contributed by atoms with van der Waals surface area (Å²) in [5, 5.41) is 14.7. The van der Waals surface area contributed by atoms with Crippen molar-refractivity contribution in [2.24, 2.45) is 12.5 Å². The fourth-order valence-corrected chi connectivity index (χ4v) is 7.04. The highest BCUT2D eigenvalue weighted by molar-refractivity contribution is 5.89. The van der Waals surface area contributed by atoms with Gasteiger partial charge in [-0.3, -0.25) is 9.36 Å². The van der Waals surface area contributed by atoms with E-state index in [1.54, 1.807) is 0 Å². The predicted octanol–water partition coefficient (Wildman–Crippen LogP) is 4.45. The van der Waals surface area contributed by atoms with Gasteiger partial charge in [-0.2, -0.15) is 10.2 Å². The molecule has 4 aliphatic rings. The number of nitrogens with one attached hydrogen (secondary N) is 1. The summed E-state index contributed by atoms with van der Waals surface area (Å²) in [5.74, 6) is 0. The van der Waals surface area contributed by atoms with Crippen LogP contribution in [0, 0.1) is 19.3 Å². The van der Waals surface area contributed by atoms with Gasteiger partial charge >= 0.3 is 0 Å². The van der Waals surface area contributed by atoms with Crippen molar-refractivity contribution in [3.05, 3.63) is 34.9 Å². The van der Waals surface area contributed by atoms with Crippen LogP contribution in [0.25, 0.3) is 11.0 Å². The second-order valence-electron chi connectivity index (χ2n) is 12.7. The van der Waals surface area contributed by atoms with Crippen molar-refractivity contribution >= 4 is 16.7 Å². The minimum atomic E-state index is -0.113. The van der Waals surface area contributed by atoms with Gasteiger partial charge in [-0.25, -0.2) is 4.98 Å². The fraction of sp³-hybridized carbons (Fsp3) is 0.690. The zero-order valence-corrected chi connectivity index (χ0v) is 23.5. The van der Waals surface area contributed by atoms with Gasteiger partial charge in [0, 0.05) is 69.2 Å². The van der Waals surface area contributed by atoms with Crippen LogP contribution in [0.15, 0.2) is 12.3 Å². The fourth-order valence-electron chi connectivity index (χ4n) is 7.04. The first-order valence-corrected chi connectivity index (χ1v) is 14.0. The van der Waals surface area contributed by atoms with Gasteiger partial charge in [0.15, 0.2) is 5.65 Å². The monoisotopic (exact) mass is 505 g/mol. The van der Waals surface area contributed by atoms with E-state index in [4.69, 9.17) is 14.8 Å². The number of aromatic nitrogens is 5. The molecule has 0 radical (unpaired) electrons. The van der Waals surface area contributed by atoms with Crippen molar-refractivity contribution in [2.75, 3.05) is 25.1 Å². The molecule has 7 rings (SSSR count). The highest BCUT2D eigenvalue weighted by atomic mass is 16.5. The Morgan fingerprint density at radius 1 is 1.11 bits per heavy atom. The maximum Gasteiger partial charge on any atom is 0.159 e. The summed E-state index contributed by atoms with van der Waals surface area (Å²) < 4.78 is 9.94. The van der Waals surface area contributed by atoms with Gasteiger partial charge in [0.1, 0.15) is 0 Å². The molecule has 1 N–H and O–H groups in total. The number of hydrogen-bond acceptors (Lipinski definition) is 6. The number of ether oxygens (including phenoxy) is 1. The minimum absolute atomic E-state index is 0.113. The molecule has 0 amide bonds. The summed E-state index contributed by atoms with van der Waals surface area (Å²) >= 11 is 0. The second-order valence-corrected chi connectivity index (χ2v) is 12.7. The number of nitrogens with zero attached hydrogens (tertiary/aromatic N) is 6. The SMILES string of the molecule is COC(C)(C)CNC12CCC(Cn3nc(C)c4c3CCN(c3cc(C)nc5c3cnn5C)C4)(CC1)CC2. The molecular formula is C29H43N7O. The number of rotatable bonds is 7. The van der Waals surface area contributed by atoms with Crippen molar-refractivity contribution in [2.45, 2.75) is 96.9 Å². The summed E-state index contributed by atoms with van der Waals surface area (Å²) in [6, 6.07) is 2.21. The molecule has 3 aliphatic carbocycles. The molecule has 0 aromatic carbocycles. The number of fused-ring (bicyclic) bond motifs is 5. The maximum atomic E-state index is 5.66. The van der Waals surface area contributed by atoms with Gasteiger partial charge in [0.25, 0.3) is 0 Å². The molecule has 3 fully saturated rings. The highest BCUT2D eigenvalue weighted by Crippen LogP contribution is 2.53. The lowest BCUT2D eigenvalue weighted by atomic mass is 9.57. The highest BCUT2D eigenvalue weighted by Gasteiger charge is 2.49. The number of methoxy groups -OCH3 is 1. The quantitative estimate of drug-likeness (QED) is 0.511. The minimum Gasteiger partial charge on any atom is -0.377 e. The smallest absolute Gasteiger partial charge is 0.159 e. The lowest BCUT2D eigenvalue weighted by Gasteiger charge is -2.54. The summed E-state index contributed by atoms with van der Waals surface area (Å²) in [5.41, 5.74) is 7.88. The first-order valence-electron chi connectivity index (χ1n) is 14.0. The third-order valence-electron chi connectivity index (χ3n) is 9.82. The molecule has 3 aromatic heterocycles. The van der Waals surface area contributed by atoms with Crippen LogP contribution in [0.3, 0.4) is 0 Å². The Morgan fingerprint density at radius 3 is 2.54 bits per heavy atom. The molecule has 1 aliphatic heterocycles. The summed E-state index contributed by atoms with van der Waals surface area (Å²) in [6.45, 7) is 12.5. The lowest BCUT2D eigenvalue weighted by Crippen LogP contribution is -2.58. The number of anilines is 1. The summed E-state index contributed by atoms with van der Waals surface area (Å²) in [7, 11) is 3.78. The Balaban J connectivity index is 1.18. The Kier molecular flexibility index (Phi) is 5.91. The van der Waals surface area contributed by atoms with Crippen molar-refractivity contribution in [3.8, 4) is 0 Å². The zero-order chi connectivity index (χ0) is 26.0. The maximum absolute atomic E-state index is 5.66. The normalized spacial score (nSPS) is 25.7. The van der Waals surface area contributed by atoms with Crippen LogP contribution >= 0.6 is 0 Å². The van der Waals surface area contributed by atoms with Crippen LogP contribution in [0.2, 0.25) is 0 Å². The van der Waals surface area contributed by atoms with E-state index in [0.717, 1.165) is 49.3 Å². The molecule has 0 spiro atoms. The van der Waals surface area contributed by atoms with Crippen LogP contribution < -0.4 is 10.2 Å². The average molecular weight is 506 g/mol. The molecular weight excluding hydrogens is 462 g/mol. The summed E-state index contributed by atoms with van der Waals surface area (Å²) in [6.07, 6.45) is 10.7. The Hall–Kier alpha value is -2.45. The molecule has 200 valence electrons. The molecule has 0 unspecified atom stereocenters.